The lowest BCUT2D eigenvalue weighted by Gasteiger charge is -2.10. The van der Waals surface area contributed by atoms with E-state index >= 15 is 0 Å². The second-order valence-electron chi connectivity index (χ2n) is 6.72. The number of aromatic amines is 2. The number of H-pyrrole nitrogens is 2. The number of benzene rings is 3. The molecule has 0 bridgehead atoms. The molecule has 0 unspecified atom stereocenters. The molecule has 0 aliphatic rings. The third kappa shape index (κ3) is 2.42. The molecule has 2 aromatic heterocycles. The Morgan fingerprint density at radius 2 is 1.86 bits per heavy atom. The number of aromatic hydroxyl groups is 1. The minimum atomic E-state index is 0.146. The van der Waals surface area contributed by atoms with E-state index in [4.69, 9.17) is 4.74 Å². The van der Waals surface area contributed by atoms with Crippen LogP contribution in [0.2, 0.25) is 0 Å². The van der Waals surface area contributed by atoms with E-state index in [1.807, 2.05) is 24.3 Å². The van der Waals surface area contributed by atoms with Crippen molar-refractivity contribution < 1.29 is 9.84 Å². The van der Waals surface area contributed by atoms with Gasteiger partial charge in [-0.15, -0.1) is 0 Å². The molecule has 28 heavy (non-hydrogen) atoms. The van der Waals surface area contributed by atoms with Crippen LogP contribution in [0.4, 0.5) is 0 Å². The summed E-state index contributed by atoms with van der Waals surface area (Å²) in [6.07, 6.45) is 0. The van der Waals surface area contributed by atoms with Crippen LogP contribution in [0.25, 0.3) is 44.6 Å². The largest absolute Gasteiger partial charge is 0.506 e. The molecular formula is C22H18N4O2. The Hall–Kier alpha value is -3.80. The molecule has 0 radical (unpaired) electrons. The molecule has 6 nitrogen and oxygen atoms in total. The number of nitrogens with zero attached hydrogens (tertiary/aromatic N) is 2. The van der Waals surface area contributed by atoms with Crippen LogP contribution in [0, 0.1) is 6.92 Å². The fourth-order valence-electron chi connectivity index (χ4n) is 3.64. The van der Waals surface area contributed by atoms with Gasteiger partial charge in [-0.1, -0.05) is 24.3 Å². The topological polar surface area (TPSA) is 86.8 Å². The van der Waals surface area contributed by atoms with Crippen LogP contribution in [0.1, 0.15) is 5.56 Å². The number of hydrogen-bond donors (Lipinski definition) is 3. The summed E-state index contributed by atoms with van der Waals surface area (Å²) in [5.74, 6) is 1.62. The molecule has 0 saturated heterocycles. The molecule has 6 heteroatoms. The first-order chi connectivity index (χ1) is 13.7. The number of methoxy groups -OCH3 is 1. The van der Waals surface area contributed by atoms with Gasteiger partial charge in [0.1, 0.15) is 22.7 Å². The zero-order valence-corrected chi connectivity index (χ0v) is 15.4. The van der Waals surface area contributed by atoms with E-state index in [1.54, 1.807) is 19.2 Å². The fourth-order valence-corrected chi connectivity index (χ4v) is 3.64. The number of phenolic OH excluding ortho intramolecular Hbond substituents is 1. The molecule has 0 aliphatic heterocycles. The molecule has 0 atom stereocenters. The number of phenols is 1. The molecule has 3 N–H and O–H groups in total. The number of fused-ring (bicyclic) bond motifs is 2. The molecule has 138 valence electrons. The van der Waals surface area contributed by atoms with Gasteiger partial charge in [-0.3, -0.25) is 5.10 Å². The highest BCUT2D eigenvalue weighted by molar-refractivity contribution is 5.96. The van der Waals surface area contributed by atoms with Gasteiger partial charge >= 0.3 is 0 Å². The Kier molecular flexibility index (Phi) is 3.58. The Morgan fingerprint density at radius 1 is 1.00 bits per heavy atom. The monoisotopic (exact) mass is 370 g/mol. The van der Waals surface area contributed by atoms with Crippen LogP contribution >= 0.6 is 0 Å². The van der Waals surface area contributed by atoms with Crippen LogP contribution < -0.4 is 4.74 Å². The molecule has 5 rings (SSSR count). The van der Waals surface area contributed by atoms with Gasteiger partial charge in [0.2, 0.25) is 0 Å². The molecule has 0 spiro atoms. The van der Waals surface area contributed by atoms with Gasteiger partial charge in [0, 0.05) is 5.39 Å². The van der Waals surface area contributed by atoms with Crippen molar-refractivity contribution in [2.24, 2.45) is 0 Å². The molecule has 0 aliphatic carbocycles. The minimum absolute atomic E-state index is 0.146. The Labute approximate surface area is 160 Å². The second kappa shape index (κ2) is 6.13. The van der Waals surface area contributed by atoms with Crippen LogP contribution in [0.5, 0.6) is 11.5 Å². The van der Waals surface area contributed by atoms with Gasteiger partial charge in [-0.05, 0) is 53.9 Å². The summed E-state index contributed by atoms with van der Waals surface area (Å²) in [4.78, 5) is 7.79. The van der Waals surface area contributed by atoms with Crippen molar-refractivity contribution in [3.8, 4) is 34.1 Å². The van der Waals surface area contributed by atoms with Gasteiger partial charge in [-0.25, -0.2) is 4.98 Å². The zero-order valence-electron chi connectivity index (χ0n) is 15.4. The molecule has 2 heterocycles. The molecule has 5 aromatic rings. The third-order valence-corrected chi connectivity index (χ3v) is 5.09. The predicted octanol–water partition coefficient (Wildman–Crippen LogP) is 4.80. The quantitative estimate of drug-likeness (QED) is 0.426. The van der Waals surface area contributed by atoms with Crippen molar-refractivity contribution in [3.63, 3.8) is 0 Å². The van der Waals surface area contributed by atoms with Gasteiger partial charge in [-0.2, -0.15) is 5.10 Å². The molecular weight excluding hydrogens is 352 g/mol. The van der Waals surface area contributed by atoms with Gasteiger partial charge < -0.3 is 14.8 Å². The molecule has 0 saturated carbocycles. The van der Waals surface area contributed by atoms with E-state index in [2.05, 4.69) is 45.3 Å². The summed E-state index contributed by atoms with van der Waals surface area (Å²) < 4.78 is 5.46. The van der Waals surface area contributed by atoms with E-state index < -0.39 is 0 Å². The highest BCUT2D eigenvalue weighted by atomic mass is 16.5. The van der Waals surface area contributed by atoms with E-state index in [1.165, 1.54) is 0 Å². The third-order valence-electron chi connectivity index (χ3n) is 5.09. The average Bonchev–Trinajstić information content (AvgIpc) is 3.32. The smallest absolute Gasteiger partial charge is 0.159 e. The number of aromatic nitrogens is 4. The Morgan fingerprint density at radius 3 is 2.68 bits per heavy atom. The van der Waals surface area contributed by atoms with Crippen LogP contribution in [-0.2, 0) is 0 Å². The summed E-state index contributed by atoms with van der Waals surface area (Å²) in [7, 11) is 1.68. The van der Waals surface area contributed by atoms with Gasteiger partial charge in [0.25, 0.3) is 0 Å². The summed E-state index contributed by atoms with van der Waals surface area (Å²) in [5, 5.41) is 18.5. The van der Waals surface area contributed by atoms with E-state index in [-0.39, 0.29) is 5.75 Å². The zero-order chi connectivity index (χ0) is 19.3. The fraction of sp³-hybridized carbons (Fsp3) is 0.0909. The van der Waals surface area contributed by atoms with Crippen LogP contribution in [0.3, 0.4) is 0 Å². The first-order valence-corrected chi connectivity index (χ1v) is 8.96. The standard InChI is InChI=1S/C22H18N4O2/c1-12-14(5-3-8-19(12)28-2)13-9-10-16-15(11-13)20(26-25-16)22-23-17-6-4-7-18(27)21(17)24-22/h3-11,27H,1-2H3,(H,23,24)(H,25,26). The lowest BCUT2D eigenvalue weighted by Crippen LogP contribution is -1.90. The lowest BCUT2D eigenvalue weighted by molar-refractivity contribution is 0.412. The maximum absolute atomic E-state index is 10.0. The number of para-hydroxylation sites is 1. The van der Waals surface area contributed by atoms with Crippen LogP contribution in [-0.4, -0.2) is 32.4 Å². The highest BCUT2D eigenvalue weighted by Gasteiger charge is 2.15. The van der Waals surface area contributed by atoms with Crippen molar-refractivity contribution in [1.82, 2.24) is 20.2 Å². The van der Waals surface area contributed by atoms with E-state index in [9.17, 15) is 5.11 Å². The Balaban J connectivity index is 1.69. The van der Waals surface area contributed by atoms with Crippen molar-refractivity contribution in [3.05, 3.63) is 60.2 Å². The van der Waals surface area contributed by atoms with Gasteiger partial charge in [0.05, 0.1) is 18.1 Å². The number of nitrogens with one attached hydrogen (secondary N) is 2. The average molecular weight is 370 g/mol. The van der Waals surface area contributed by atoms with E-state index in [0.717, 1.165) is 38.9 Å². The van der Waals surface area contributed by atoms with Crippen molar-refractivity contribution in [2.75, 3.05) is 7.11 Å². The lowest BCUT2D eigenvalue weighted by atomic mass is 9.98. The maximum atomic E-state index is 10.0. The predicted molar refractivity (Wildman–Crippen MR) is 110 cm³/mol. The summed E-state index contributed by atoms with van der Waals surface area (Å²) >= 11 is 0. The maximum Gasteiger partial charge on any atom is 0.159 e. The first-order valence-electron chi connectivity index (χ1n) is 8.96. The van der Waals surface area contributed by atoms with Crippen LogP contribution in [0.15, 0.2) is 54.6 Å². The molecule has 3 aromatic carbocycles. The summed E-state index contributed by atoms with van der Waals surface area (Å²) in [5.41, 5.74) is 6.21. The molecule has 0 fully saturated rings. The van der Waals surface area contributed by atoms with Crippen molar-refractivity contribution in [1.29, 1.82) is 0 Å². The van der Waals surface area contributed by atoms with E-state index in [0.29, 0.717) is 17.0 Å². The van der Waals surface area contributed by atoms with Gasteiger partial charge in [0.15, 0.2) is 5.82 Å². The highest BCUT2D eigenvalue weighted by Crippen LogP contribution is 2.34. The Bertz CT molecular complexity index is 1330. The number of imidazole rings is 1. The second-order valence-corrected chi connectivity index (χ2v) is 6.72. The minimum Gasteiger partial charge on any atom is -0.506 e. The number of hydrogen-bond acceptors (Lipinski definition) is 4. The summed E-state index contributed by atoms with van der Waals surface area (Å²) in [6, 6.07) is 17.5. The number of ether oxygens (including phenoxy) is 1. The normalized spacial score (nSPS) is 11.4. The molecule has 0 amide bonds. The van der Waals surface area contributed by atoms with Crippen molar-refractivity contribution >= 4 is 21.9 Å². The summed E-state index contributed by atoms with van der Waals surface area (Å²) in [6.45, 7) is 2.05. The van der Waals surface area contributed by atoms with Crippen molar-refractivity contribution in [2.45, 2.75) is 6.92 Å². The first kappa shape index (κ1) is 16.4. The SMILES string of the molecule is COc1cccc(-c2ccc3[nH]nc(-c4nc5c(O)cccc5[nH]4)c3c2)c1C. The number of rotatable bonds is 3.